The Morgan fingerprint density at radius 3 is 3.00 bits per heavy atom. The fourth-order valence-corrected chi connectivity index (χ4v) is 1.79. The summed E-state index contributed by atoms with van der Waals surface area (Å²) in [4.78, 5) is 18.8. The molecule has 1 aromatic carbocycles. The van der Waals surface area contributed by atoms with Gasteiger partial charge in [0.25, 0.3) is 5.91 Å². The molecule has 0 saturated carbocycles. The second-order valence-electron chi connectivity index (χ2n) is 4.24. The fourth-order valence-electron chi connectivity index (χ4n) is 1.79. The number of nitrogens with zero attached hydrogens (tertiary/aromatic N) is 1. The van der Waals surface area contributed by atoms with Gasteiger partial charge in [-0.3, -0.25) is 4.79 Å². The number of aryl methyl sites for hydroxylation is 1. The molecule has 0 fully saturated rings. The van der Waals surface area contributed by atoms with Crippen molar-refractivity contribution in [1.29, 1.82) is 0 Å². The number of imidazole rings is 1. The predicted molar refractivity (Wildman–Crippen MR) is 70.2 cm³/mol. The van der Waals surface area contributed by atoms with Crippen molar-refractivity contribution in [2.75, 3.05) is 12.3 Å². The molecule has 0 atom stereocenters. The van der Waals surface area contributed by atoms with E-state index in [-0.39, 0.29) is 5.56 Å². The van der Waals surface area contributed by atoms with Crippen molar-refractivity contribution in [2.45, 2.75) is 13.3 Å². The van der Waals surface area contributed by atoms with Crippen molar-refractivity contribution < 1.29 is 9.18 Å². The Bertz CT molecular complexity index is 581. The summed E-state index contributed by atoms with van der Waals surface area (Å²) in [5.74, 6) is -0.242. The molecule has 1 aromatic heterocycles. The summed E-state index contributed by atoms with van der Waals surface area (Å²) in [6.45, 7) is 1.95. The van der Waals surface area contributed by atoms with Crippen LogP contribution in [0.25, 0.3) is 0 Å². The molecule has 0 aliphatic heterocycles. The Morgan fingerprint density at radius 1 is 1.53 bits per heavy atom. The van der Waals surface area contributed by atoms with Gasteiger partial charge in [0.15, 0.2) is 0 Å². The van der Waals surface area contributed by atoms with E-state index in [0.29, 0.717) is 24.2 Å². The van der Waals surface area contributed by atoms with Crippen molar-refractivity contribution >= 4 is 11.6 Å². The highest BCUT2D eigenvalue weighted by Crippen LogP contribution is 2.16. The molecule has 1 amide bonds. The van der Waals surface area contributed by atoms with Crippen LogP contribution in [0.4, 0.5) is 10.1 Å². The van der Waals surface area contributed by atoms with Crippen LogP contribution in [0.2, 0.25) is 0 Å². The molecule has 4 N–H and O–H groups in total. The largest absolute Gasteiger partial charge is 0.399 e. The summed E-state index contributed by atoms with van der Waals surface area (Å²) in [5.41, 5.74) is 6.31. The standard InChI is InChI=1S/C13H15FN4O/c1-8-6-9(15)7-10(12(8)14)13(19)18-3-2-11-16-4-5-17-11/h4-7H,2-3,15H2,1H3,(H,16,17)(H,18,19). The van der Waals surface area contributed by atoms with E-state index in [0.717, 1.165) is 5.82 Å². The number of aromatic nitrogens is 2. The molecule has 19 heavy (non-hydrogen) atoms. The Hall–Kier alpha value is -2.37. The zero-order chi connectivity index (χ0) is 13.8. The second-order valence-corrected chi connectivity index (χ2v) is 4.24. The number of amides is 1. The van der Waals surface area contributed by atoms with Crippen LogP contribution in [0.1, 0.15) is 21.7 Å². The first-order valence-electron chi connectivity index (χ1n) is 5.90. The molecule has 100 valence electrons. The van der Waals surface area contributed by atoms with Gasteiger partial charge in [0.2, 0.25) is 0 Å². The zero-order valence-electron chi connectivity index (χ0n) is 10.5. The van der Waals surface area contributed by atoms with Crippen molar-refractivity contribution in [3.63, 3.8) is 0 Å². The SMILES string of the molecule is Cc1cc(N)cc(C(=O)NCCc2ncc[nH]2)c1F. The molecule has 5 nitrogen and oxygen atoms in total. The highest BCUT2D eigenvalue weighted by Gasteiger charge is 2.14. The predicted octanol–water partition coefficient (Wildman–Crippen LogP) is 1.41. The molecular weight excluding hydrogens is 247 g/mol. The average molecular weight is 262 g/mol. The van der Waals surface area contributed by atoms with Crippen molar-refractivity contribution in [3.8, 4) is 0 Å². The van der Waals surface area contributed by atoms with Gasteiger partial charge in [-0.1, -0.05) is 0 Å². The van der Waals surface area contributed by atoms with E-state index < -0.39 is 11.7 Å². The van der Waals surface area contributed by atoms with Gasteiger partial charge in [-0.25, -0.2) is 9.37 Å². The summed E-state index contributed by atoms with van der Waals surface area (Å²) in [7, 11) is 0. The Balaban J connectivity index is 2.00. The van der Waals surface area contributed by atoms with Crippen LogP contribution >= 0.6 is 0 Å². The lowest BCUT2D eigenvalue weighted by Gasteiger charge is -2.08. The summed E-state index contributed by atoms with van der Waals surface area (Å²) < 4.78 is 13.8. The molecule has 0 unspecified atom stereocenters. The summed E-state index contributed by atoms with van der Waals surface area (Å²) in [6, 6.07) is 2.83. The molecule has 2 rings (SSSR count). The number of hydrogen-bond donors (Lipinski definition) is 3. The normalized spacial score (nSPS) is 10.4. The van der Waals surface area contributed by atoms with Crippen LogP contribution in [-0.4, -0.2) is 22.4 Å². The number of nitrogens with two attached hydrogens (primary N) is 1. The number of H-pyrrole nitrogens is 1. The quantitative estimate of drug-likeness (QED) is 0.728. The van der Waals surface area contributed by atoms with Gasteiger partial charge in [-0.15, -0.1) is 0 Å². The van der Waals surface area contributed by atoms with E-state index in [1.807, 2.05) is 0 Å². The Kier molecular flexibility index (Phi) is 3.79. The lowest BCUT2D eigenvalue weighted by Crippen LogP contribution is -2.27. The Morgan fingerprint density at radius 2 is 2.32 bits per heavy atom. The molecule has 0 aliphatic rings. The summed E-state index contributed by atoms with van der Waals surface area (Å²) >= 11 is 0. The molecular formula is C13H15FN4O. The third-order valence-electron chi connectivity index (χ3n) is 2.72. The van der Waals surface area contributed by atoms with E-state index in [9.17, 15) is 9.18 Å². The minimum atomic E-state index is -0.537. The maximum absolute atomic E-state index is 13.8. The van der Waals surface area contributed by atoms with Crippen LogP contribution in [0, 0.1) is 12.7 Å². The van der Waals surface area contributed by atoms with E-state index in [4.69, 9.17) is 5.73 Å². The number of aromatic amines is 1. The number of halogens is 1. The number of nitrogens with one attached hydrogen (secondary N) is 2. The topological polar surface area (TPSA) is 83.8 Å². The van der Waals surface area contributed by atoms with Crippen molar-refractivity contribution in [2.24, 2.45) is 0 Å². The van der Waals surface area contributed by atoms with Crippen LogP contribution in [0.5, 0.6) is 0 Å². The lowest BCUT2D eigenvalue weighted by molar-refractivity contribution is 0.0950. The van der Waals surface area contributed by atoms with Gasteiger partial charge in [-0.2, -0.15) is 0 Å². The first-order chi connectivity index (χ1) is 9.08. The van der Waals surface area contributed by atoms with Crippen LogP contribution in [0.15, 0.2) is 24.5 Å². The van der Waals surface area contributed by atoms with Gasteiger partial charge in [-0.05, 0) is 24.6 Å². The molecule has 1 heterocycles. The lowest BCUT2D eigenvalue weighted by atomic mass is 10.1. The smallest absolute Gasteiger partial charge is 0.254 e. The van der Waals surface area contributed by atoms with Crippen molar-refractivity contribution in [1.82, 2.24) is 15.3 Å². The summed E-state index contributed by atoms with van der Waals surface area (Å²) in [5, 5.41) is 2.64. The first kappa shape index (κ1) is 13.1. The number of hydrogen-bond acceptors (Lipinski definition) is 3. The maximum atomic E-state index is 13.8. The van der Waals surface area contributed by atoms with E-state index in [1.54, 1.807) is 19.3 Å². The van der Waals surface area contributed by atoms with Gasteiger partial charge >= 0.3 is 0 Å². The van der Waals surface area contributed by atoms with Crippen LogP contribution in [-0.2, 0) is 6.42 Å². The monoisotopic (exact) mass is 262 g/mol. The average Bonchev–Trinajstić information content (AvgIpc) is 2.86. The molecule has 0 saturated heterocycles. The summed E-state index contributed by atoms with van der Waals surface area (Å²) in [6.07, 6.45) is 3.90. The van der Waals surface area contributed by atoms with E-state index in [1.165, 1.54) is 12.1 Å². The van der Waals surface area contributed by atoms with Gasteiger partial charge in [0.1, 0.15) is 11.6 Å². The second kappa shape index (κ2) is 5.51. The van der Waals surface area contributed by atoms with Gasteiger partial charge in [0, 0.05) is 31.0 Å². The molecule has 0 spiro atoms. The molecule has 6 heteroatoms. The van der Waals surface area contributed by atoms with E-state index in [2.05, 4.69) is 15.3 Å². The number of rotatable bonds is 4. The molecule has 0 aliphatic carbocycles. The molecule has 2 aromatic rings. The first-order valence-corrected chi connectivity index (χ1v) is 5.90. The number of benzene rings is 1. The number of carbonyl (C=O) groups excluding carboxylic acids is 1. The highest BCUT2D eigenvalue weighted by molar-refractivity contribution is 5.95. The minimum Gasteiger partial charge on any atom is -0.399 e. The number of nitrogen functional groups attached to an aromatic ring is 1. The van der Waals surface area contributed by atoms with Gasteiger partial charge < -0.3 is 16.0 Å². The van der Waals surface area contributed by atoms with Crippen molar-refractivity contribution in [3.05, 3.63) is 47.3 Å². The highest BCUT2D eigenvalue weighted by atomic mass is 19.1. The Labute approximate surface area is 110 Å². The molecule has 0 radical (unpaired) electrons. The maximum Gasteiger partial charge on any atom is 0.254 e. The number of anilines is 1. The van der Waals surface area contributed by atoms with E-state index >= 15 is 0 Å². The fraction of sp³-hybridized carbons (Fsp3) is 0.231. The molecule has 0 bridgehead atoms. The minimum absolute atomic E-state index is 0.0306. The zero-order valence-corrected chi connectivity index (χ0v) is 10.5. The number of carbonyl (C=O) groups is 1. The third-order valence-corrected chi connectivity index (χ3v) is 2.72. The van der Waals surface area contributed by atoms with Gasteiger partial charge in [0.05, 0.1) is 5.56 Å². The van der Waals surface area contributed by atoms with Crippen LogP contribution in [0.3, 0.4) is 0 Å². The third kappa shape index (κ3) is 3.09. The van der Waals surface area contributed by atoms with Crippen LogP contribution < -0.4 is 11.1 Å².